The predicted molar refractivity (Wildman–Crippen MR) is 106 cm³/mol. The maximum absolute atomic E-state index is 2.52. The van der Waals surface area contributed by atoms with Crippen LogP contribution in [0.2, 0.25) is 0 Å². The van der Waals surface area contributed by atoms with Crippen molar-refractivity contribution in [3.63, 3.8) is 0 Å². The van der Waals surface area contributed by atoms with Crippen LogP contribution in [0.4, 0.5) is 0 Å². The number of benzene rings is 2. The van der Waals surface area contributed by atoms with Crippen molar-refractivity contribution in [2.75, 3.05) is 0 Å². The average Bonchev–Trinajstić information content (AvgIpc) is 2.61. The van der Waals surface area contributed by atoms with E-state index < -0.39 is 0 Å². The lowest BCUT2D eigenvalue weighted by molar-refractivity contribution is -0.00276. The highest BCUT2D eigenvalue weighted by Crippen LogP contribution is 2.59. The van der Waals surface area contributed by atoms with Crippen LogP contribution >= 0.6 is 0 Å². The van der Waals surface area contributed by atoms with Crippen molar-refractivity contribution in [3.8, 4) is 11.1 Å². The van der Waals surface area contributed by atoms with Crippen LogP contribution < -0.4 is 0 Å². The van der Waals surface area contributed by atoms with E-state index in [1.165, 1.54) is 42.4 Å². The third kappa shape index (κ3) is 2.75. The number of hydrogen-bond acceptors (Lipinski definition) is 0. The zero-order valence-corrected chi connectivity index (χ0v) is 15.6. The Bertz CT molecular complexity index is 741. The molecule has 0 N–H and O–H groups in total. The molecular weight excluding hydrogens is 300 g/mol. The summed E-state index contributed by atoms with van der Waals surface area (Å²) in [7, 11) is 0. The van der Waals surface area contributed by atoms with Gasteiger partial charge in [-0.25, -0.2) is 0 Å². The molecule has 0 radical (unpaired) electrons. The lowest BCUT2D eigenvalue weighted by Crippen LogP contribution is -2.43. The van der Waals surface area contributed by atoms with Crippen molar-refractivity contribution in [1.82, 2.24) is 0 Å². The first-order chi connectivity index (χ1) is 12.2. The zero-order valence-electron chi connectivity index (χ0n) is 15.6. The number of hydrogen-bond donors (Lipinski definition) is 0. The van der Waals surface area contributed by atoms with Crippen LogP contribution in [-0.4, -0.2) is 0 Å². The fourth-order valence-electron chi connectivity index (χ4n) is 6.47. The van der Waals surface area contributed by atoms with Gasteiger partial charge >= 0.3 is 0 Å². The Balaban J connectivity index is 1.48. The molecule has 0 heterocycles. The van der Waals surface area contributed by atoms with Crippen LogP contribution in [0.1, 0.15) is 68.9 Å². The molecule has 0 nitrogen and oxygen atoms in total. The van der Waals surface area contributed by atoms with Crippen LogP contribution in [-0.2, 0) is 0 Å². The molecule has 4 fully saturated rings. The van der Waals surface area contributed by atoms with E-state index in [1.807, 2.05) is 0 Å². The highest BCUT2D eigenvalue weighted by molar-refractivity contribution is 5.65. The van der Waals surface area contributed by atoms with E-state index >= 15 is 0 Å². The standard InChI is InChI=1S/C25H30/c1-16(2)19-5-3-6-20(14-19)21-7-4-8-22(15-21)25-23-10-17-9-18(12-23)13-24(25)11-17/h3-8,14-18,23-25H,9-13H2,1-2H3. The van der Waals surface area contributed by atoms with Gasteiger partial charge in [-0.2, -0.15) is 0 Å². The monoisotopic (exact) mass is 330 g/mol. The molecule has 0 aromatic heterocycles. The van der Waals surface area contributed by atoms with Crippen molar-refractivity contribution in [2.24, 2.45) is 23.7 Å². The highest BCUT2D eigenvalue weighted by atomic mass is 14.5. The smallest absolute Gasteiger partial charge is 0.0105 e. The summed E-state index contributed by atoms with van der Waals surface area (Å²) in [6.07, 6.45) is 7.56. The van der Waals surface area contributed by atoms with E-state index in [2.05, 4.69) is 62.4 Å². The second kappa shape index (κ2) is 6.01. The summed E-state index contributed by atoms with van der Waals surface area (Å²) >= 11 is 0. The molecule has 2 aromatic carbocycles. The van der Waals surface area contributed by atoms with Gasteiger partial charge in [0.1, 0.15) is 0 Å². The fraction of sp³-hybridized carbons (Fsp3) is 0.520. The molecule has 6 rings (SSSR count). The largest absolute Gasteiger partial charge is 0.0614 e. The Labute approximate surface area is 152 Å². The van der Waals surface area contributed by atoms with Crippen molar-refractivity contribution in [2.45, 2.75) is 57.8 Å². The highest BCUT2D eigenvalue weighted by Gasteiger charge is 2.48. The lowest BCUT2D eigenvalue weighted by atomic mass is 9.50. The van der Waals surface area contributed by atoms with Gasteiger partial charge < -0.3 is 0 Å². The van der Waals surface area contributed by atoms with Crippen LogP contribution in [0.5, 0.6) is 0 Å². The van der Waals surface area contributed by atoms with E-state index in [-0.39, 0.29) is 0 Å². The topological polar surface area (TPSA) is 0 Å². The third-order valence-electron chi connectivity index (χ3n) is 7.38. The van der Waals surface area contributed by atoms with Gasteiger partial charge in [-0.15, -0.1) is 0 Å². The molecule has 4 aliphatic rings. The molecule has 2 aromatic rings. The Morgan fingerprint density at radius 3 is 1.96 bits per heavy atom. The molecule has 0 aliphatic heterocycles. The Morgan fingerprint density at radius 1 is 0.720 bits per heavy atom. The van der Waals surface area contributed by atoms with E-state index in [0.29, 0.717) is 5.92 Å². The Kier molecular flexibility index (Phi) is 3.77. The summed E-state index contributed by atoms with van der Waals surface area (Å²) in [5, 5.41) is 0. The first-order valence-electron chi connectivity index (χ1n) is 10.4. The molecule has 0 spiro atoms. The summed E-state index contributed by atoms with van der Waals surface area (Å²) in [4.78, 5) is 0. The summed E-state index contributed by atoms with van der Waals surface area (Å²) in [6, 6.07) is 18.7. The molecule has 4 bridgehead atoms. The molecule has 130 valence electrons. The van der Waals surface area contributed by atoms with Crippen LogP contribution in [0, 0.1) is 23.7 Å². The molecule has 0 atom stereocenters. The minimum Gasteiger partial charge on any atom is -0.0614 e. The van der Waals surface area contributed by atoms with E-state index in [9.17, 15) is 0 Å². The maximum atomic E-state index is 2.52. The molecule has 25 heavy (non-hydrogen) atoms. The van der Waals surface area contributed by atoms with Gasteiger partial charge in [0.05, 0.1) is 0 Å². The Morgan fingerprint density at radius 2 is 1.32 bits per heavy atom. The van der Waals surface area contributed by atoms with E-state index in [4.69, 9.17) is 0 Å². The Hall–Kier alpha value is -1.56. The average molecular weight is 331 g/mol. The normalized spacial score (nSPS) is 33.2. The van der Waals surface area contributed by atoms with E-state index in [1.54, 1.807) is 12.0 Å². The quantitative estimate of drug-likeness (QED) is 0.567. The first kappa shape index (κ1) is 15.7. The summed E-state index contributed by atoms with van der Waals surface area (Å²) < 4.78 is 0. The predicted octanol–water partition coefficient (Wildman–Crippen LogP) is 7.02. The van der Waals surface area contributed by atoms with Crippen LogP contribution in [0.15, 0.2) is 48.5 Å². The summed E-state index contributed by atoms with van der Waals surface area (Å²) in [5.74, 6) is 5.48. The molecule has 0 heteroatoms. The molecule has 4 aliphatic carbocycles. The van der Waals surface area contributed by atoms with Crippen molar-refractivity contribution in [1.29, 1.82) is 0 Å². The second-order valence-corrected chi connectivity index (χ2v) is 9.36. The minimum atomic E-state index is 0.590. The van der Waals surface area contributed by atoms with Gasteiger partial charge in [0.25, 0.3) is 0 Å². The SMILES string of the molecule is CC(C)c1cccc(-c2cccc(C3C4CC5CC(C4)CC3C5)c2)c1. The minimum absolute atomic E-state index is 0.590. The van der Waals surface area contributed by atoms with Crippen LogP contribution in [0.25, 0.3) is 11.1 Å². The van der Waals surface area contributed by atoms with Gasteiger partial charge in [0, 0.05) is 0 Å². The van der Waals surface area contributed by atoms with E-state index in [0.717, 1.165) is 29.6 Å². The van der Waals surface area contributed by atoms with Crippen molar-refractivity contribution >= 4 is 0 Å². The second-order valence-electron chi connectivity index (χ2n) is 9.36. The molecule has 0 amide bonds. The summed E-state index contributed by atoms with van der Waals surface area (Å²) in [6.45, 7) is 4.56. The van der Waals surface area contributed by atoms with Crippen LogP contribution in [0.3, 0.4) is 0 Å². The lowest BCUT2D eigenvalue weighted by Gasteiger charge is -2.54. The molecule has 4 saturated carbocycles. The van der Waals surface area contributed by atoms with Crippen molar-refractivity contribution in [3.05, 3.63) is 59.7 Å². The van der Waals surface area contributed by atoms with Gasteiger partial charge in [0.2, 0.25) is 0 Å². The maximum Gasteiger partial charge on any atom is -0.0105 e. The molecular formula is C25H30. The van der Waals surface area contributed by atoms with Gasteiger partial charge in [-0.1, -0.05) is 62.4 Å². The van der Waals surface area contributed by atoms with Gasteiger partial charge in [0.15, 0.2) is 0 Å². The number of rotatable bonds is 3. The van der Waals surface area contributed by atoms with Gasteiger partial charge in [-0.3, -0.25) is 0 Å². The zero-order chi connectivity index (χ0) is 17.0. The first-order valence-corrected chi connectivity index (χ1v) is 10.4. The summed E-state index contributed by atoms with van der Waals surface area (Å²) in [5.41, 5.74) is 5.87. The molecule has 0 saturated heterocycles. The van der Waals surface area contributed by atoms with Gasteiger partial charge in [-0.05, 0) is 89.9 Å². The third-order valence-corrected chi connectivity index (χ3v) is 7.38. The fourth-order valence-corrected chi connectivity index (χ4v) is 6.47. The van der Waals surface area contributed by atoms with Crippen molar-refractivity contribution < 1.29 is 0 Å². The molecule has 0 unspecified atom stereocenters.